The second-order valence-corrected chi connectivity index (χ2v) is 3.96. The van der Waals surface area contributed by atoms with Gasteiger partial charge in [0.1, 0.15) is 18.2 Å². The largest absolute Gasteiger partial charge is 0.492 e. The van der Waals surface area contributed by atoms with Crippen molar-refractivity contribution in [3.8, 4) is 5.75 Å². The number of rotatable bonds is 4. The van der Waals surface area contributed by atoms with Gasteiger partial charge in [-0.2, -0.15) is 0 Å². The maximum Gasteiger partial charge on any atom is 0.191 e. The zero-order chi connectivity index (χ0) is 12.1. The molecule has 1 aromatic rings. The Morgan fingerprint density at radius 1 is 1.47 bits per heavy atom. The van der Waals surface area contributed by atoms with E-state index in [1.54, 1.807) is 12.1 Å². The van der Waals surface area contributed by atoms with E-state index >= 15 is 0 Å². The van der Waals surface area contributed by atoms with Crippen LogP contribution in [0.25, 0.3) is 0 Å². The molecule has 0 radical (unpaired) electrons. The van der Waals surface area contributed by atoms with E-state index in [1.165, 1.54) is 12.1 Å². The van der Waals surface area contributed by atoms with Crippen molar-refractivity contribution < 1.29 is 9.13 Å². The molecule has 92 valence electrons. The molecule has 0 saturated carbocycles. The first-order chi connectivity index (χ1) is 8.24. The highest BCUT2D eigenvalue weighted by molar-refractivity contribution is 5.81. The molecule has 1 aliphatic heterocycles. The number of ether oxygens (including phenoxy) is 1. The molecule has 0 amide bonds. The zero-order valence-corrected chi connectivity index (χ0v) is 9.74. The number of hydrogen-bond acceptors (Lipinski definition) is 4. The molecule has 0 fully saturated rings. The van der Waals surface area contributed by atoms with Gasteiger partial charge in [0.25, 0.3) is 0 Å². The number of nitrogens with zero attached hydrogens (tertiary/aromatic N) is 1. The lowest BCUT2D eigenvalue weighted by atomic mass is 10.3. The Morgan fingerprint density at radius 3 is 2.88 bits per heavy atom. The third-order valence-electron chi connectivity index (χ3n) is 2.38. The first-order valence-corrected chi connectivity index (χ1v) is 5.67. The van der Waals surface area contributed by atoms with Gasteiger partial charge in [0.2, 0.25) is 0 Å². The minimum absolute atomic E-state index is 0.256. The van der Waals surface area contributed by atoms with Crippen LogP contribution in [0.5, 0.6) is 5.75 Å². The average Bonchev–Trinajstić information content (AvgIpc) is 2.73. The molecule has 0 spiro atoms. The number of guanidine groups is 1. The predicted molar refractivity (Wildman–Crippen MR) is 64.8 cm³/mol. The third kappa shape index (κ3) is 3.62. The van der Waals surface area contributed by atoms with Gasteiger partial charge in [0, 0.05) is 6.04 Å². The monoisotopic (exact) mass is 237 g/mol. The Labute approximate surface area is 99.9 Å². The highest BCUT2D eigenvalue weighted by Gasteiger charge is 2.10. The summed E-state index contributed by atoms with van der Waals surface area (Å²) >= 11 is 0. The van der Waals surface area contributed by atoms with Crippen molar-refractivity contribution in [2.45, 2.75) is 13.0 Å². The fourth-order valence-electron chi connectivity index (χ4n) is 1.53. The second kappa shape index (κ2) is 5.52. The quantitative estimate of drug-likeness (QED) is 0.772. The minimum atomic E-state index is -0.256. The molecule has 1 unspecified atom stereocenters. The summed E-state index contributed by atoms with van der Waals surface area (Å²) in [6.07, 6.45) is 0. The molecule has 1 aliphatic rings. The summed E-state index contributed by atoms with van der Waals surface area (Å²) in [6.45, 7) is 4.06. The Balaban J connectivity index is 1.65. The van der Waals surface area contributed by atoms with E-state index in [9.17, 15) is 4.39 Å². The molecule has 0 bridgehead atoms. The van der Waals surface area contributed by atoms with Crippen molar-refractivity contribution >= 4 is 5.96 Å². The van der Waals surface area contributed by atoms with Gasteiger partial charge in [-0.3, -0.25) is 4.99 Å². The first kappa shape index (κ1) is 11.7. The summed E-state index contributed by atoms with van der Waals surface area (Å²) in [5.74, 6) is 1.23. The molecule has 1 aromatic carbocycles. The molecule has 17 heavy (non-hydrogen) atoms. The third-order valence-corrected chi connectivity index (χ3v) is 2.38. The van der Waals surface area contributed by atoms with Crippen molar-refractivity contribution in [2.24, 2.45) is 4.99 Å². The highest BCUT2D eigenvalue weighted by atomic mass is 19.1. The Bertz CT molecular complexity index is 391. The molecule has 0 aliphatic carbocycles. The van der Waals surface area contributed by atoms with Crippen LogP contribution in [0.1, 0.15) is 6.92 Å². The van der Waals surface area contributed by atoms with Crippen molar-refractivity contribution in [3.63, 3.8) is 0 Å². The second-order valence-electron chi connectivity index (χ2n) is 3.96. The van der Waals surface area contributed by atoms with Gasteiger partial charge >= 0.3 is 0 Å². The first-order valence-electron chi connectivity index (χ1n) is 5.67. The summed E-state index contributed by atoms with van der Waals surface area (Å²) in [5, 5.41) is 6.33. The molecule has 2 rings (SSSR count). The van der Waals surface area contributed by atoms with Crippen LogP contribution in [0.2, 0.25) is 0 Å². The van der Waals surface area contributed by atoms with Gasteiger partial charge in [-0.05, 0) is 31.2 Å². The van der Waals surface area contributed by atoms with Gasteiger partial charge in [0.05, 0.1) is 13.1 Å². The standard InChI is InChI=1S/C12H16FN3O/c1-9-8-15-12(16-9)14-6-7-17-11-4-2-10(13)3-5-11/h2-5,9H,6-8H2,1H3,(H2,14,15,16). The van der Waals surface area contributed by atoms with Crippen molar-refractivity contribution in [1.29, 1.82) is 0 Å². The molecule has 5 heteroatoms. The van der Waals surface area contributed by atoms with Crippen molar-refractivity contribution in [1.82, 2.24) is 10.6 Å². The molecule has 2 N–H and O–H groups in total. The van der Waals surface area contributed by atoms with Gasteiger partial charge < -0.3 is 15.4 Å². The van der Waals surface area contributed by atoms with Gasteiger partial charge in [-0.25, -0.2) is 4.39 Å². The minimum Gasteiger partial charge on any atom is -0.492 e. The fraction of sp³-hybridized carbons (Fsp3) is 0.417. The number of nitrogens with one attached hydrogen (secondary N) is 2. The smallest absolute Gasteiger partial charge is 0.191 e. The molecule has 0 aromatic heterocycles. The number of halogens is 1. The van der Waals surface area contributed by atoms with E-state index in [0.29, 0.717) is 24.9 Å². The normalized spacial score (nSPS) is 18.5. The van der Waals surface area contributed by atoms with Crippen LogP contribution in [-0.2, 0) is 0 Å². The van der Waals surface area contributed by atoms with Crippen LogP contribution < -0.4 is 15.4 Å². The van der Waals surface area contributed by atoms with Gasteiger partial charge in [-0.1, -0.05) is 0 Å². The van der Waals surface area contributed by atoms with E-state index < -0.39 is 0 Å². The lowest BCUT2D eigenvalue weighted by molar-refractivity contribution is 0.321. The lowest BCUT2D eigenvalue weighted by Crippen LogP contribution is -2.39. The summed E-state index contributed by atoms with van der Waals surface area (Å²) in [6, 6.07) is 6.39. The topological polar surface area (TPSA) is 45.7 Å². The SMILES string of the molecule is CC1CN=C(NCCOc2ccc(F)cc2)N1. The maximum absolute atomic E-state index is 12.6. The zero-order valence-electron chi connectivity index (χ0n) is 9.74. The average molecular weight is 237 g/mol. The predicted octanol–water partition coefficient (Wildman–Crippen LogP) is 1.14. The van der Waals surface area contributed by atoms with E-state index in [1.807, 2.05) is 0 Å². The van der Waals surface area contributed by atoms with Crippen LogP contribution >= 0.6 is 0 Å². The van der Waals surface area contributed by atoms with Gasteiger partial charge in [-0.15, -0.1) is 0 Å². The number of aliphatic imine (C=N–C) groups is 1. The number of benzene rings is 1. The molecule has 1 atom stereocenters. The van der Waals surface area contributed by atoms with Crippen LogP contribution in [-0.4, -0.2) is 31.7 Å². The fourth-order valence-corrected chi connectivity index (χ4v) is 1.53. The Kier molecular flexibility index (Phi) is 3.80. The summed E-state index contributed by atoms with van der Waals surface area (Å²) in [5.41, 5.74) is 0. The molecule has 0 saturated heterocycles. The van der Waals surface area contributed by atoms with Crippen LogP contribution in [0.4, 0.5) is 4.39 Å². The Hall–Kier alpha value is -1.78. The van der Waals surface area contributed by atoms with E-state index in [2.05, 4.69) is 22.5 Å². The van der Waals surface area contributed by atoms with Crippen molar-refractivity contribution in [3.05, 3.63) is 30.1 Å². The summed E-state index contributed by atoms with van der Waals surface area (Å²) in [7, 11) is 0. The van der Waals surface area contributed by atoms with Gasteiger partial charge in [0.15, 0.2) is 5.96 Å². The van der Waals surface area contributed by atoms with E-state index in [-0.39, 0.29) is 5.82 Å². The van der Waals surface area contributed by atoms with Crippen molar-refractivity contribution in [2.75, 3.05) is 19.7 Å². The van der Waals surface area contributed by atoms with E-state index in [0.717, 1.165) is 12.5 Å². The van der Waals surface area contributed by atoms with E-state index in [4.69, 9.17) is 4.74 Å². The molecular weight excluding hydrogens is 221 g/mol. The highest BCUT2D eigenvalue weighted by Crippen LogP contribution is 2.10. The van der Waals surface area contributed by atoms with Crippen LogP contribution in [0, 0.1) is 5.82 Å². The maximum atomic E-state index is 12.6. The molecule has 4 nitrogen and oxygen atoms in total. The molecule has 1 heterocycles. The number of hydrogen-bond donors (Lipinski definition) is 2. The van der Waals surface area contributed by atoms with Crippen LogP contribution in [0.15, 0.2) is 29.3 Å². The molecular formula is C12H16FN3O. The Morgan fingerprint density at radius 2 is 2.24 bits per heavy atom. The van der Waals surface area contributed by atoms with Crippen LogP contribution in [0.3, 0.4) is 0 Å². The summed E-state index contributed by atoms with van der Waals surface area (Å²) < 4.78 is 18.1. The lowest BCUT2D eigenvalue weighted by Gasteiger charge is -2.09. The summed E-state index contributed by atoms with van der Waals surface area (Å²) in [4.78, 5) is 4.26.